The first-order valence-electron chi connectivity index (χ1n) is 5.88. The summed E-state index contributed by atoms with van der Waals surface area (Å²) in [4.78, 5) is 8.31. The average molecular weight is 238 g/mol. The van der Waals surface area contributed by atoms with Gasteiger partial charge in [-0.05, 0) is 25.8 Å². The zero-order chi connectivity index (χ0) is 12.9. The number of aromatic nitrogens is 2. The summed E-state index contributed by atoms with van der Waals surface area (Å²) in [6, 6.07) is 0. The second-order valence-electron chi connectivity index (χ2n) is 4.81. The van der Waals surface area contributed by atoms with Gasteiger partial charge in [-0.3, -0.25) is 0 Å². The second-order valence-corrected chi connectivity index (χ2v) is 4.81. The lowest BCUT2D eigenvalue weighted by Crippen LogP contribution is -2.31. The number of anilines is 1. The molecule has 0 fully saturated rings. The van der Waals surface area contributed by atoms with Crippen LogP contribution < -0.4 is 15.8 Å². The molecule has 0 bridgehead atoms. The van der Waals surface area contributed by atoms with E-state index >= 15 is 0 Å². The van der Waals surface area contributed by atoms with Gasteiger partial charge in [0.05, 0.1) is 12.2 Å². The molecule has 0 amide bonds. The highest BCUT2D eigenvalue weighted by atomic mass is 16.5. The molecule has 17 heavy (non-hydrogen) atoms. The molecule has 5 heteroatoms. The molecule has 0 saturated carbocycles. The molecule has 1 heterocycles. The number of hydrogen-bond donors (Lipinski definition) is 2. The molecule has 0 unspecified atom stereocenters. The van der Waals surface area contributed by atoms with Crippen molar-refractivity contribution in [1.82, 2.24) is 9.97 Å². The lowest BCUT2D eigenvalue weighted by Gasteiger charge is -2.23. The van der Waals surface area contributed by atoms with E-state index in [1.165, 1.54) is 6.33 Å². The highest BCUT2D eigenvalue weighted by Gasteiger charge is 2.16. The van der Waals surface area contributed by atoms with Gasteiger partial charge in [-0.2, -0.15) is 0 Å². The monoisotopic (exact) mass is 238 g/mol. The number of hydrogen-bond acceptors (Lipinski definition) is 5. The van der Waals surface area contributed by atoms with E-state index in [1.807, 2.05) is 13.8 Å². The van der Waals surface area contributed by atoms with E-state index in [4.69, 9.17) is 10.5 Å². The van der Waals surface area contributed by atoms with Gasteiger partial charge in [0.25, 0.3) is 0 Å². The van der Waals surface area contributed by atoms with Crippen LogP contribution in [-0.4, -0.2) is 29.7 Å². The van der Waals surface area contributed by atoms with E-state index < -0.39 is 0 Å². The molecule has 0 aliphatic rings. The number of nitrogens with two attached hydrogens (primary N) is 1. The quantitative estimate of drug-likeness (QED) is 0.787. The fourth-order valence-electron chi connectivity index (χ4n) is 1.29. The van der Waals surface area contributed by atoms with Gasteiger partial charge in [0, 0.05) is 6.54 Å². The minimum atomic E-state index is 0.0448. The van der Waals surface area contributed by atoms with Crippen molar-refractivity contribution in [3.8, 4) is 5.88 Å². The molecule has 0 aliphatic heterocycles. The largest absolute Gasteiger partial charge is 0.478 e. The third kappa shape index (κ3) is 3.85. The van der Waals surface area contributed by atoms with Crippen LogP contribution in [-0.2, 0) is 0 Å². The molecule has 1 rings (SSSR count). The van der Waals surface area contributed by atoms with Crippen LogP contribution in [0.3, 0.4) is 0 Å². The van der Waals surface area contributed by atoms with Crippen molar-refractivity contribution in [2.24, 2.45) is 11.1 Å². The van der Waals surface area contributed by atoms with Crippen molar-refractivity contribution in [2.45, 2.75) is 27.7 Å². The Bertz CT molecular complexity index is 366. The Labute approximate surface area is 103 Å². The molecular formula is C12H22N4O. The summed E-state index contributed by atoms with van der Waals surface area (Å²) in [6.07, 6.45) is 1.51. The fourth-order valence-corrected chi connectivity index (χ4v) is 1.29. The van der Waals surface area contributed by atoms with E-state index in [9.17, 15) is 0 Å². The SMILES string of the molecule is CCOc1ncnc(NCC(C)(C)CN)c1C. The van der Waals surface area contributed by atoms with Crippen LogP contribution in [0.25, 0.3) is 0 Å². The molecule has 5 nitrogen and oxygen atoms in total. The van der Waals surface area contributed by atoms with Gasteiger partial charge >= 0.3 is 0 Å². The van der Waals surface area contributed by atoms with Crippen LogP contribution in [0.15, 0.2) is 6.33 Å². The molecule has 0 aliphatic carbocycles. The first-order chi connectivity index (χ1) is 8.00. The van der Waals surface area contributed by atoms with Gasteiger partial charge in [-0.1, -0.05) is 13.8 Å². The molecule has 0 radical (unpaired) electrons. The predicted octanol–water partition coefficient (Wildman–Crippen LogP) is 1.58. The Balaban J connectivity index is 2.75. The van der Waals surface area contributed by atoms with Crippen molar-refractivity contribution < 1.29 is 4.74 Å². The minimum Gasteiger partial charge on any atom is -0.478 e. The number of ether oxygens (including phenoxy) is 1. The number of nitrogens with zero attached hydrogens (tertiary/aromatic N) is 2. The smallest absolute Gasteiger partial charge is 0.221 e. The van der Waals surface area contributed by atoms with E-state index in [-0.39, 0.29) is 5.41 Å². The van der Waals surface area contributed by atoms with Crippen molar-refractivity contribution in [1.29, 1.82) is 0 Å². The molecule has 0 spiro atoms. The standard InChI is InChI=1S/C12H22N4O/c1-5-17-11-9(2)10(15-8-16-11)14-7-12(3,4)6-13/h8H,5-7,13H2,1-4H3,(H,14,15,16). The summed E-state index contributed by atoms with van der Waals surface area (Å²) in [7, 11) is 0. The highest BCUT2D eigenvalue weighted by molar-refractivity contribution is 5.47. The van der Waals surface area contributed by atoms with Crippen molar-refractivity contribution in [2.75, 3.05) is 25.0 Å². The first-order valence-corrected chi connectivity index (χ1v) is 5.88. The predicted molar refractivity (Wildman–Crippen MR) is 69.3 cm³/mol. The minimum absolute atomic E-state index is 0.0448. The maximum atomic E-state index is 5.69. The molecule has 0 saturated heterocycles. The Morgan fingerprint density at radius 3 is 2.71 bits per heavy atom. The third-order valence-electron chi connectivity index (χ3n) is 2.61. The molecule has 3 N–H and O–H groups in total. The average Bonchev–Trinajstić information content (AvgIpc) is 2.31. The Morgan fingerprint density at radius 2 is 2.12 bits per heavy atom. The van der Waals surface area contributed by atoms with Crippen molar-refractivity contribution >= 4 is 5.82 Å². The van der Waals surface area contributed by atoms with Gasteiger partial charge in [-0.25, -0.2) is 9.97 Å². The summed E-state index contributed by atoms with van der Waals surface area (Å²) in [5.74, 6) is 1.44. The van der Waals surface area contributed by atoms with Crippen LogP contribution in [0.1, 0.15) is 26.3 Å². The van der Waals surface area contributed by atoms with Crippen LogP contribution in [0, 0.1) is 12.3 Å². The normalized spacial score (nSPS) is 11.4. The molecule has 0 aromatic carbocycles. The third-order valence-corrected chi connectivity index (χ3v) is 2.61. The van der Waals surface area contributed by atoms with Crippen LogP contribution >= 0.6 is 0 Å². The van der Waals surface area contributed by atoms with Crippen LogP contribution in [0.2, 0.25) is 0 Å². The molecular weight excluding hydrogens is 216 g/mol. The fraction of sp³-hybridized carbons (Fsp3) is 0.667. The van der Waals surface area contributed by atoms with E-state index in [1.54, 1.807) is 0 Å². The second kappa shape index (κ2) is 5.82. The summed E-state index contributed by atoms with van der Waals surface area (Å²) in [5, 5.41) is 3.29. The summed E-state index contributed by atoms with van der Waals surface area (Å²) in [6.45, 7) is 10.1. The van der Waals surface area contributed by atoms with E-state index in [0.717, 1.165) is 17.9 Å². The van der Waals surface area contributed by atoms with Gasteiger partial charge < -0.3 is 15.8 Å². The summed E-state index contributed by atoms with van der Waals surface area (Å²) in [5.41, 5.74) is 6.67. The van der Waals surface area contributed by atoms with Crippen LogP contribution in [0.4, 0.5) is 5.82 Å². The Hall–Kier alpha value is -1.36. The summed E-state index contributed by atoms with van der Waals surface area (Å²) >= 11 is 0. The van der Waals surface area contributed by atoms with Gasteiger partial charge in [0.2, 0.25) is 5.88 Å². The molecule has 96 valence electrons. The van der Waals surface area contributed by atoms with Gasteiger partial charge in [-0.15, -0.1) is 0 Å². The van der Waals surface area contributed by atoms with Gasteiger partial charge in [0.1, 0.15) is 12.1 Å². The van der Waals surface area contributed by atoms with Gasteiger partial charge in [0.15, 0.2) is 0 Å². The number of nitrogens with one attached hydrogen (secondary N) is 1. The van der Waals surface area contributed by atoms with E-state index in [0.29, 0.717) is 19.0 Å². The Kier molecular flexibility index (Phi) is 4.69. The summed E-state index contributed by atoms with van der Waals surface area (Å²) < 4.78 is 5.42. The number of rotatable bonds is 6. The highest BCUT2D eigenvalue weighted by Crippen LogP contribution is 2.22. The maximum Gasteiger partial charge on any atom is 0.221 e. The molecule has 0 atom stereocenters. The zero-order valence-electron chi connectivity index (χ0n) is 11.1. The van der Waals surface area contributed by atoms with Crippen LogP contribution in [0.5, 0.6) is 5.88 Å². The lowest BCUT2D eigenvalue weighted by molar-refractivity contribution is 0.323. The van der Waals surface area contributed by atoms with E-state index in [2.05, 4.69) is 29.1 Å². The molecule has 1 aromatic heterocycles. The zero-order valence-corrected chi connectivity index (χ0v) is 11.1. The Morgan fingerprint density at radius 1 is 1.41 bits per heavy atom. The first kappa shape index (κ1) is 13.7. The topological polar surface area (TPSA) is 73.1 Å². The van der Waals surface area contributed by atoms with Crippen molar-refractivity contribution in [3.05, 3.63) is 11.9 Å². The maximum absolute atomic E-state index is 5.69. The molecule has 1 aromatic rings. The lowest BCUT2D eigenvalue weighted by atomic mass is 9.94. The van der Waals surface area contributed by atoms with Crippen molar-refractivity contribution in [3.63, 3.8) is 0 Å².